The van der Waals surface area contributed by atoms with Crippen LogP contribution in [0.25, 0.3) is 0 Å². The zero-order valence-corrected chi connectivity index (χ0v) is 15.0. The number of amides is 1. The number of methoxy groups -OCH3 is 1. The van der Waals surface area contributed by atoms with Gasteiger partial charge in [0.25, 0.3) is 0 Å². The van der Waals surface area contributed by atoms with Crippen molar-refractivity contribution in [2.45, 2.75) is 23.6 Å². The molecule has 0 saturated carbocycles. The summed E-state index contributed by atoms with van der Waals surface area (Å²) in [4.78, 5) is 26.6. The van der Waals surface area contributed by atoms with Crippen LogP contribution in [0.2, 0.25) is 0 Å². The molecule has 1 aliphatic rings. The van der Waals surface area contributed by atoms with E-state index in [0.717, 1.165) is 22.2 Å². The molecule has 1 saturated heterocycles. The maximum absolute atomic E-state index is 12.3. The zero-order valence-electron chi connectivity index (χ0n) is 13.3. The molecule has 0 radical (unpaired) electrons. The number of ether oxygens (including phenoxy) is 2. The monoisotopic (exact) mass is 355 g/mol. The maximum Gasteiger partial charge on any atom is 0.315 e. The van der Waals surface area contributed by atoms with Gasteiger partial charge in [0.15, 0.2) is 0 Å². The van der Waals surface area contributed by atoms with Crippen molar-refractivity contribution in [2.24, 2.45) is 0 Å². The Bertz CT molecular complexity index is 553. The highest BCUT2D eigenvalue weighted by Crippen LogP contribution is 2.34. The molecule has 0 bridgehead atoms. The molecule has 0 aromatic heterocycles. The van der Waals surface area contributed by atoms with Crippen LogP contribution in [-0.4, -0.2) is 53.9 Å². The van der Waals surface area contributed by atoms with E-state index in [0.29, 0.717) is 13.2 Å². The normalized spacial score (nSPS) is 17.1. The Morgan fingerprint density at radius 3 is 2.91 bits per heavy atom. The van der Waals surface area contributed by atoms with Gasteiger partial charge in [-0.15, -0.1) is 23.5 Å². The van der Waals surface area contributed by atoms with E-state index in [4.69, 9.17) is 9.47 Å². The van der Waals surface area contributed by atoms with Gasteiger partial charge in [0, 0.05) is 22.9 Å². The Morgan fingerprint density at radius 1 is 1.39 bits per heavy atom. The van der Waals surface area contributed by atoms with Crippen LogP contribution in [-0.2, 0) is 14.3 Å². The van der Waals surface area contributed by atoms with E-state index in [1.165, 1.54) is 0 Å². The van der Waals surface area contributed by atoms with Gasteiger partial charge in [0.05, 0.1) is 19.1 Å². The lowest BCUT2D eigenvalue weighted by molar-refractivity contribution is -0.148. The van der Waals surface area contributed by atoms with Gasteiger partial charge in [-0.3, -0.25) is 9.59 Å². The van der Waals surface area contributed by atoms with Crippen molar-refractivity contribution < 1.29 is 19.1 Å². The molecular weight excluding hydrogens is 334 g/mol. The largest absolute Gasteiger partial charge is 0.496 e. The number of rotatable bonds is 7. The fourth-order valence-corrected chi connectivity index (χ4v) is 4.82. The molecule has 1 heterocycles. The molecule has 2 rings (SSSR count). The van der Waals surface area contributed by atoms with Crippen LogP contribution < -0.4 is 4.74 Å². The van der Waals surface area contributed by atoms with Crippen LogP contribution in [0.5, 0.6) is 5.75 Å². The van der Waals surface area contributed by atoms with Gasteiger partial charge in [-0.1, -0.05) is 12.1 Å². The Balaban J connectivity index is 1.91. The van der Waals surface area contributed by atoms with E-state index in [9.17, 15) is 9.59 Å². The summed E-state index contributed by atoms with van der Waals surface area (Å²) in [6.45, 7) is 2.72. The highest BCUT2D eigenvalue weighted by molar-refractivity contribution is 8.03. The van der Waals surface area contributed by atoms with Crippen molar-refractivity contribution in [3.8, 4) is 5.75 Å². The molecule has 5 nitrogen and oxygen atoms in total. The summed E-state index contributed by atoms with van der Waals surface area (Å²) in [7, 11) is 1.65. The first-order valence-corrected chi connectivity index (χ1v) is 9.51. The van der Waals surface area contributed by atoms with E-state index < -0.39 is 5.97 Å². The lowest BCUT2D eigenvalue weighted by Gasteiger charge is -2.23. The second-order valence-electron chi connectivity index (χ2n) is 4.86. The minimum Gasteiger partial charge on any atom is -0.496 e. The highest BCUT2D eigenvalue weighted by atomic mass is 32.2. The summed E-state index contributed by atoms with van der Waals surface area (Å²) in [5.74, 6) is 1.89. The standard InChI is InChI=1S/C16H21NO4S2/c1-3-21-16(19)10-14(18)17-8-9-22-15(17)11-23-13-7-5-4-6-12(13)20-2/h4-7,15H,3,8-11H2,1-2H3. The third-order valence-electron chi connectivity index (χ3n) is 3.36. The van der Waals surface area contributed by atoms with Crippen LogP contribution in [0, 0.1) is 0 Å². The predicted octanol–water partition coefficient (Wildman–Crippen LogP) is 2.64. The minimum absolute atomic E-state index is 0.0758. The molecule has 1 atom stereocenters. The van der Waals surface area contributed by atoms with Crippen molar-refractivity contribution in [3.63, 3.8) is 0 Å². The average Bonchev–Trinajstić information content (AvgIpc) is 3.02. The quantitative estimate of drug-likeness (QED) is 0.426. The van der Waals surface area contributed by atoms with E-state index in [2.05, 4.69) is 0 Å². The van der Waals surface area contributed by atoms with Crippen LogP contribution in [0.15, 0.2) is 29.2 Å². The molecule has 0 spiro atoms. The maximum atomic E-state index is 12.3. The lowest BCUT2D eigenvalue weighted by Crippen LogP contribution is -2.37. The first kappa shape index (κ1) is 18.0. The van der Waals surface area contributed by atoms with Crippen LogP contribution >= 0.6 is 23.5 Å². The first-order chi connectivity index (χ1) is 11.2. The van der Waals surface area contributed by atoms with E-state index >= 15 is 0 Å². The second kappa shape index (κ2) is 9.08. The number of esters is 1. The summed E-state index contributed by atoms with van der Waals surface area (Å²) in [6.07, 6.45) is -0.176. The zero-order chi connectivity index (χ0) is 16.7. The summed E-state index contributed by atoms with van der Waals surface area (Å²) in [5.41, 5.74) is 0. The van der Waals surface area contributed by atoms with Gasteiger partial charge in [-0.25, -0.2) is 0 Å². The molecule has 1 unspecified atom stereocenters. The number of hydrogen-bond acceptors (Lipinski definition) is 6. The van der Waals surface area contributed by atoms with Crippen molar-refractivity contribution >= 4 is 35.4 Å². The average molecular weight is 355 g/mol. The number of benzene rings is 1. The number of hydrogen-bond donors (Lipinski definition) is 0. The van der Waals surface area contributed by atoms with E-state index in [1.54, 1.807) is 42.5 Å². The third kappa shape index (κ3) is 5.07. The molecule has 0 N–H and O–H groups in total. The Labute approximate surface area is 145 Å². The number of para-hydroxylation sites is 1. The molecule has 126 valence electrons. The summed E-state index contributed by atoms with van der Waals surface area (Å²) in [5, 5.41) is 0.0758. The molecule has 7 heteroatoms. The van der Waals surface area contributed by atoms with Crippen LogP contribution in [0.4, 0.5) is 0 Å². The highest BCUT2D eigenvalue weighted by Gasteiger charge is 2.30. The van der Waals surface area contributed by atoms with E-state index in [-0.39, 0.29) is 17.7 Å². The molecule has 1 aliphatic heterocycles. The number of thioether (sulfide) groups is 2. The van der Waals surface area contributed by atoms with Crippen LogP contribution in [0.3, 0.4) is 0 Å². The summed E-state index contributed by atoms with van der Waals surface area (Å²) in [6, 6.07) is 7.83. The Hall–Kier alpha value is -1.34. The number of carbonyl (C=O) groups excluding carboxylic acids is 2. The fourth-order valence-electron chi connectivity index (χ4n) is 2.28. The van der Waals surface area contributed by atoms with Crippen molar-refractivity contribution in [1.82, 2.24) is 4.90 Å². The molecular formula is C16H21NO4S2. The van der Waals surface area contributed by atoms with Gasteiger partial charge in [-0.05, 0) is 19.1 Å². The van der Waals surface area contributed by atoms with Gasteiger partial charge < -0.3 is 14.4 Å². The SMILES string of the molecule is CCOC(=O)CC(=O)N1CCSC1CSc1ccccc1OC. The van der Waals surface area contributed by atoms with Crippen LogP contribution in [0.1, 0.15) is 13.3 Å². The minimum atomic E-state index is -0.453. The fraction of sp³-hybridized carbons (Fsp3) is 0.500. The molecule has 0 aliphatic carbocycles. The van der Waals surface area contributed by atoms with Gasteiger partial charge in [0.2, 0.25) is 5.91 Å². The molecule has 23 heavy (non-hydrogen) atoms. The van der Waals surface area contributed by atoms with Crippen molar-refractivity contribution in [2.75, 3.05) is 31.8 Å². The van der Waals surface area contributed by atoms with E-state index in [1.807, 2.05) is 24.3 Å². The number of nitrogens with zero attached hydrogens (tertiary/aromatic N) is 1. The Kier molecular flexibility index (Phi) is 7.11. The van der Waals surface area contributed by atoms with Gasteiger partial charge >= 0.3 is 5.97 Å². The molecule has 1 fully saturated rings. The smallest absolute Gasteiger partial charge is 0.315 e. The van der Waals surface area contributed by atoms with Crippen molar-refractivity contribution in [3.05, 3.63) is 24.3 Å². The summed E-state index contributed by atoms with van der Waals surface area (Å²) < 4.78 is 10.2. The first-order valence-electron chi connectivity index (χ1n) is 7.48. The molecule has 1 aromatic carbocycles. The topological polar surface area (TPSA) is 55.8 Å². The molecule has 1 aromatic rings. The van der Waals surface area contributed by atoms with Crippen molar-refractivity contribution in [1.29, 1.82) is 0 Å². The predicted molar refractivity (Wildman–Crippen MR) is 92.9 cm³/mol. The van der Waals surface area contributed by atoms with Gasteiger partial charge in [-0.2, -0.15) is 0 Å². The second-order valence-corrected chi connectivity index (χ2v) is 7.20. The lowest BCUT2D eigenvalue weighted by atomic mass is 10.3. The number of carbonyl (C=O) groups is 2. The Morgan fingerprint density at radius 2 is 2.17 bits per heavy atom. The molecule has 1 amide bonds. The summed E-state index contributed by atoms with van der Waals surface area (Å²) >= 11 is 3.41. The van der Waals surface area contributed by atoms with Gasteiger partial charge in [0.1, 0.15) is 12.2 Å². The third-order valence-corrected chi connectivity index (χ3v) is 5.93.